The Kier molecular flexibility index (Phi) is 3.46. The lowest BCUT2D eigenvalue weighted by Crippen LogP contribution is -2.27. The second-order valence-corrected chi connectivity index (χ2v) is 4.38. The number of nitrogens with zero attached hydrogens (tertiary/aromatic N) is 3. The Bertz CT molecular complexity index is 657. The van der Waals surface area contributed by atoms with Crippen molar-refractivity contribution in [1.29, 1.82) is 0 Å². The van der Waals surface area contributed by atoms with Gasteiger partial charge in [0.05, 0.1) is 11.7 Å². The van der Waals surface area contributed by atoms with E-state index < -0.39 is 5.91 Å². The van der Waals surface area contributed by atoms with Gasteiger partial charge in [0.25, 0.3) is 11.5 Å². The van der Waals surface area contributed by atoms with Crippen LogP contribution in [0.2, 0.25) is 0 Å². The first-order chi connectivity index (χ1) is 8.97. The van der Waals surface area contributed by atoms with Gasteiger partial charge in [-0.05, 0) is 26.8 Å². The molecule has 2 rings (SSSR count). The van der Waals surface area contributed by atoms with E-state index in [1.807, 2.05) is 13.8 Å². The molecule has 0 aliphatic rings. The standard InChI is InChI=1S/C12H14N4O3/c1-7(2)16-11(17)5-4-9(14-16)12(18)13-10-6-8(3)15-19-10/h4-7H,1-3H3,(H,13,18). The summed E-state index contributed by atoms with van der Waals surface area (Å²) in [7, 11) is 0. The van der Waals surface area contributed by atoms with Gasteiger partial charge in [-0.2, -0.15) is 5.10 Å². The minimum atomic E-state index is -0.453. The molecule has 0 aliphatic carbocycles. The number of carbonyl (C=O) groups excluding carboxylic acids is 1. The van der Waals surface area contributed by atoms with Crippen LogP contribution in [0.4, 0.5) is 5.88 Å². The van der Waals surface area contributed by atoms with Crippen LogP contribution in [0.5, 0.6) is 0 Å². The van der Waals surface area contributed by atoms with Crippen LogP contribution in [-0.2, 0) is 0 Å². The van der Waals surface area contributed by atoms with Crippen LogP contribution in [0.15, 0.2) is 27.5 Å². The molecule has 0 spiro atoms. The fourth-order valence-corrected chi connectivity index (χ4v) is 1.51. The quantitative estimate of drug-likeness (QED) is 0.902. The Morgan fingerprint density at radius 2 is 2.16 bits per heavy atom. The van der Waals surface area contributed by atoms with Crippen molar-refractivity contribution < 1.29 is 9.32 Å². The SMILES string of the molecule is Cc1cc(NC(=O)c2ccc(=O)n(C(C)C)n2)on1. The maximum atomic E-state index is 11.9. The third kappa shape index (κ3) is 2.87. The molecule has 0 unspecified atom stereocenters. The summed E-state index contributed by atoms with van der Waals surface area (Å²) in [5, 5.41) is 10.2. The Balaban J connectivity index is 2.24. The highest BCUT2D eigenvalue weighted by molar-refractivity contribution is 6.01. The van der Waals surface area contributed by atoms with Gasteiger partial charge in [-0.1, -0.05) is 5.16 Å². The van der Waals surface area contributed by atoms with Gasteiger partial charge in [0.2, 0.25) is 5.88 Å². The summed E-state index contributed by atoms with van der Waals surface area (Å²) < 4.78 is 6.13. The highest BCUT2D eigenvalue weighted by Crippen LogP contribution is 2.09. The van der Waals surface area contributed by atoms with Crippen molar-refractivity contribution in [2.75, 3.05) is 5.32 Å². The second kappa shape index (κ2) is 5.05. The van der Waals surface area contributed by atoms with Crippen molar-refractivity contribution in [3.8, 4) is 0 Å². The number of aromatic nitrogens is 3. The fourth-order valence-electron chi connectivity index (χ4n) is 1.51. The zero-order valence-corrected chi connectivity index (χ0v) is 10.9. The number of hydrogen-bond donors (Lipinski definition) is 1. The zero-order valence-electron chi connectivity index (χ0n) is 10.9. The van der Waals surface area contributed by atoms with E-state index in [-0.39, 0.29) is 23.2 Å². The first-order valence-electron chi connectivity index (χ1n) is 5.82. The minimum Gasteiger partial charge on any atom is -0.338 e. The van der Waals surface area contributed by atoms with E-state index in [4.69, 9.17) is 4.52 Å². The summed E-state index contributed by atoms with van der Waals surface area (Å²) in [5.74, 6) is -0.211. The average molecular weight is 262 g/mol. The van der Waals surface area contributed by atoms with E-state index in [1.54, 1.807) is 13.0 Å². The number of nitrogens with one attached hydrogen (secondary N) is 1. The molecule has 7 heteroatoms. The lowest BCUT2D eigenvalue weighted by molar-refractivity contribution is 0.101. The second-order valence-electron chi connectivity index (χ2n) is 4.38. The first-order valence-corrected chi connectivity index (χ1v) is 5.82. The van der Waals surface area contributed by atoms with Crippen molar-refractivity contribution in [2.24, 2.45) is 0 Å². The van der Waals surface area contributed by atoms with Crippen molar-refractivity contribution in [3.63, 3.8) is 0 Å². The van der Waals surface area contributed by atoms with Gasteiger partial charge in [-0.25, -0.2) is 4.68 Å². The predicted molar refractivity (Wildman–Crippen MR) is 68.1 cm³/mol. The lowest BCUT2D eigenvalue weighted by Gasteiger charge is -2.09. The van der Waals surface area contributed by atoms with Crippen LogP contribution in [0.1, 0.15) is 36.1 Å². The molecule has 0 aliphatic heterocycles. The Morgan fingerprint density at radius 1 is 1.42 bits per heavy atom. The molecule has 1 N–H and O–H groups in total. The minimum absolute atomic E-state index is 0.118. The fraction of sp³-hybridized carbons (Fsp3) is 0.333. The Morgan fingerprint density at radius 3 is 2.74 bits per heavy atom. The van der Waals surface area contributed by atoms with Crippen LogP contribution >= 0.6 is 0 Å². The summed E-state index contributed by atoms with van der Waals surface area (Å²) in [5.41, 5.74) is 0.555. The van der Waals surface area contributed by atoms with E-state index >= 15 is 0 Å². The summed E-state index contributed by atoms with van der Waals surface area (Å²) in [6.45, 7) is 5.38. The Labute approximate surface area is 109 Å². The van der Waals surface area contributed by atoms with Crippen LogP contribution in [0.3, 0.4) is 0 Å². The number of aryl methyl sites for hydroxylation is 1. The predicted octanol–water partition coefficient (Wildman–Crippen LogP) is 1.37. The normalized spacial score (nSPS) is 10.7. The third-order valence-electron chi connectivity index (χ3n) is 2.41. The van der Waals surface area contributed by atoms with Gasteiger partial charge in [-0.3, -0.25) is 14.9 Å². The van der Waals surface area contributed by atoms with E-state index in [2.05, 4.69) is 15.6 Å². The monoisotopic (exact) mass is 262 g/mol. The highest BCUT2D eigenvalue weighted by atomic mass is 16.5. The molecule has 0 bridgehead atoms. The van der Waals surface area contributed by atoms with Crippen molar-refractivity contribution in [3.05, 3.63) is 39.9 Å². The molecular formula is C12H14N4O3. The number of amides is 1. The van der Waals surface area contributed by atoms with Crippen LogP contribution in [0.25, 0.3) is 0 Å². The largest absolute Gasteiger partial charge is 0.338 e. The number of anilines is 1. The average Bonchev–Trinajstić information content (AvgIpc) is 2.74. The van der Waals surface area contributed by atoms with E-state index in [0.29, 0.717) is 5.69 Å². The van der Waals surface area contributed by atoms with Crippen LogP contribution in [0, 0.1) is 6.92 Å². The molecule has 0 radical (unpaired) electrons. The van der Waals surface area contributed by atoms with Crippen LogP contribution in [-0.4, -0.2) is 20.8 Å². The first kappa shape index (κ1) is 13.0. The van der Waals surface area contributed by atoms with E-state index in [9.17, 15) is 9.59 Å². The number of hydrogen-bond acceptors (Lipinski definition) is 5. The summed E-state index contributed by atoms with van der Waals surface area (Å²) >= 11 is 0. The van der Waals surface area contributed by atoms with Crippen molar-refractivity contribution in [1.82, 2.24) is 14.9 Å². The van der Waals surface area contributed by atoms with Gasteiger partial charge < -0.3 is 4.52 Å². The smallest absolute Gasteiger partial charge is 0.278 e. The molecule has 2 heterocycles. The van der Waals surface area contributed by atoms with Gasteiger partial charge in [0.1, 0.15) is 5.69 Å². The van der Waals surface area contributed by atoms with Gasteiger partial charge in [0, 0.05) is 12.1 Å². The number of rotatable bonds is 3. The van der Waals surface area contributed by atoms with E-state index in [1.165, 1.54) is 16.8 Å². The molecule has 2 aromatic heterocycles. The summed E-state index contributed by atoms with van der Waals surface area (Å²) in [4.78, 5) is 23.5. The highest BCUT2D eigenvalue weighted by Gasteiger charge is 2.13. The molecule has 0 saturated carbocycles. The molecule has 0 fully saturated rings. The van der Waals surface area contributed by atoms with Gasteiger partial charge in [0.15, 0.2) is 0 Å². The molecule has 7 nitrogen and oxygen atoms in total. The molecule has 1 amide bonds. The Hall–Kier alpha value is -2.44. The van der Waals surface area contributed by atoms with Gasteiger partial charge in [-0.15, -0.1) is 0 Å². The maximum absolute atomic E-state index is 11.9. The maximum Gasteiger partial charge on any atom is 0.278 e. The molecule has 0 aromatic carbocycles. The summed E-state index contributed by atoms with van der Waals surface area (Å²) in [6, 6.07) is 4.16. The van der Waals surface area contributed by atoms with Crippen molar-refractivity contribution >= 4 is 11.8 Å². The molecule has 19 heavy (non-hydrogen) atoms. The zero-order chi connectivity index (χ0) is 14.0. The van der Waals surface area contributed by atoms with Crippen molar-refractivity contribution in [2.45, 2.75) is 26.8 Å². The van der Waals surface area contributed by atoms with Crippen LogP contribution < -0.4 is 10.9 Å². The molecule has 0 saturated heterocycles. The topological polar surface area (TPSA) is 90.0 Å². The third-order valence-corrected chi connectivity index (χ3v) is 2.41. The molecule has 0 atom stereocenters. The lowest BCUT2D eigenvalue weighted by atomic mass is 10.3. The number of carbonyl (C=O) groups is 1. The van der Waals surface area contributed by atoms with Gasteiger partial charge >= 0.3 is 0 Å². The van der Waals surface area contributed by atoms with E-state index in [0.717, 1.165) is 0 Å². The summed E-state index contributed by atoms with van der Waals surface area (Å²) in [6.07, 6.45) is 0. The molecule has 100 valence electrons. The molecule has 2 aromatic rings. The molecular weight excluding hydrogens is 248 g/mol.